The third kappa shape index (κ3) is 3.89. The lowest BCUT2D eigenvalue weighted by Gasteiger charge is -2.12. The number of carbonyl (C=O) groups excluding carboxylic acids is 2. The Morgan fingerprint density at radius 2 is 2.11 bits per heavy atom. The molecule has 1 heterocycles. The molecule has 2 atom stereocenters. The fraction of sp³-hybridized carbons (Fsp3) is 0.467. The van der Waals surface area contributed by atoms with Crippen molar-refractivity contribution < 1.29 is 19.1 Å². The van der Waals surface area contributed by atoms with Gasteiger partial charge in [-0.3, -0.25) is 9.59 Å². The van der Waals surface area contributed by atoms with E-state index in [9.17, 15) is 9.59 Å². The van der Waals surface area contributed by atoms with E-state index < -0.39 is 6.10 Å². The van der Waals surface area contributed by atoms with E-state index in [0.29, 0.717) is 19.4 Å². The summed E-state index contributed by atoms with van der Waals surface area (Å²) in [5, 5.41) is 0. The van der Waals surface area contributed by atoms with E-state index in [4.69, 9.17) is 9.47 Å². The Hall–Kier alpha value is -1.68. The molecule has 0 N–H and O–H groups in total. The number of rotatable bonds is 5. The molecule has 0 aliphatic carbocycles. The second-order valence-corrected chi connectivity index (χ2v) is 4.62. The largest absolute Gasteiger partial charge is 0.466 e. The summed E-state index contributed by atoms with van der Waals surface area (Å²) in [5.41, 5.74) is 1.14. The van der Waals surface area contributed by atoms with Gasteiger partial charge in [0.2, 0.25) is 0 Å². The van der Waals surface area contributed by atoms with Gasteiger partial charge in [-0.2, -0.15) is 0 Å². The van der Waals surface area contributed by atoms with Gasteiger partial charge in [-0.25, -0.2) is 0 Å². The van der Waals surface area contributed by atoms with Gasteiger partial charge < -0.3 is 9.47 Å². The molecular weight excluding hydrogens is 244 g/mol. The SMILES string of the molecule is CCOC(=O)C[C@@H]1O[C@H](Cc2ccccc2)CC1=O. The summed E-state index contributed by atoms with van der Waals surface area (Å²) in [6, 6.07) is 9.89. The minimum atomic E-state index is -0.632. The average Bonchev–Trinajstić information content (AvgIpc) is 2.71. The highest BCUT2D eigenvalue weighted by Gasteiger charge is 2.35. The van der Waals surface area contributed by atoms with Crippen molar-refractivity contribution in [2.24, 2.45) is 0 Å². The third-order valence-corrected chi connectivity index (χ3v) is 3.11. The van der Waals surface area contributed by atoms with Gasteiger partial charge in [0.25, 0.3) is 0 Å². The highest BCUT2D eigenvalue weighted by molar-refractivity contribution is 5.89. The number of ketones is 1. The maximum atomic E-state index is 11.8. The molecular formula is C15H18O4. The highest BCUT2D eigenvalue weighted by Crippen LogP contribution is 2.22. The molecule has 2 rings (SSSR count). The fourth-order valence-electron chi connectivity index (χ4n) is 2.24. The Morgan fingerprint density at radius 1 is 1.37 bits per heavy atom. The standard InChI is InChI=1S/C15H18O4/c1-2-18-15(17)10-14-13(16)9-12(19-14)8-11-6-4-3-5-7-11/h3-7,12,14H,2,8-10H2,1H3/t12-,14+/m1/s1. The summed E-state index contributed by atoms with van der Waals surface area (Å²) in [6.45, 7) is 2.07. The highest BCUT2D eigenvalue weighted by atomic mass is 16.5. The molecule has 1 saturated heterocycles. The van der Waals surface area contributed by atoms with Gasteiger partial charge in [0.1, 0.15) is 6.10 Å². The van der Waals surface area contributed by atoms with Gasteiger partial charge in [0.15, 0.2) is 5.78 Å². The molecule has 102 valence electrons. The maximum Gasteiger partial charge on any atom is 0.308 e. The molecule has 0 saturated carbocycles. The van der Waals surface area contributed by atoms with E-state index in [1.807, 2.05) is 30.3 Å². The topological polar surface area (TPSA) is 52.6 Å². The van der Waals surface area contributed by atoms with Crippen LogP contribution in [0, 0.1) is 0 Å². The maximum absolute atomic E-state index is 11.8. The zero-order valence-corrected chi connectivity index (χ0v) is 11.0. The Kier molecular flexibility index (Phi) is 4.68. The predicted octanol–water partition coefficient (Wildman–Crippen LogP) is 1.91. The lowest BCUT2D eigenvalue weighted by molar-refractivity contribution is -0.148. The van der Waals surface area contributed by atoms with Crippen LogP contribution in [0.5, 0.6) is 0 Å². The van der Waals surface area contributed by atoms with Gasteiger partial charge in [-0.05, 0) is 18.9 Å². The second kappa shape index (κ2) is 6.48. The van der Waals surface area contributed by atoms with Crippen molar-refractivity contribution >= 4 is 11.8 Å². The molecule has 0 radical (unpaired) electrons. The molecule has 1 aromatic carbocycles. The number of hydrogen-bond donors (Lipinski definition) is 0. The average molecular weight is 262 g/mol. The van der Waals surface area contributed by atoms with Gasteiger partial charge in [0, 0.05) is 6.42 Å². The van der Waals surface area contributed by atoms with Crippen LogP contribution in [0.3, 0.4) is 0 Å². The number of ether oxygens (including phenoxy) is 2. The van der Waals surface area contributed by atoms with Crippen LogP contribution < -0.4 is 0 Å². The van der Waals surface area contributed by atoms with Crippen LogP contribution >= 0.6 is 0 Å². The van der Waals surface area contributed by atoms with Crippen molar-refractivity contribution in [3.63, 3.8) is 0 Å². The van der Waals surface area contributed by atoms with Crippen LogP contribution in [-0.2, 0) is 25.5 Å². The van der Waals surface area contributed by atoms with E-state index in [1.165, 1.54) is 0 Å². The quantitative estimate of drug-likeness (QED) is 0.761. The first kappa shape index (κ1) is 13.7. The van der Waals surface area contributed by atoms with Crippen molar-refractivity contribution in [3.05, 3.63) is 35.9 Å². The van der Waals surface area contributed by atoms with Crippen molar-refractivity contribution in [3.8, 4) is 0 Å². The summed E-state index contributed by atoms with van der Waals surface area (Å²) < 4.78 is 10.5. The second-order valence-electron chi connectivity index (χ2n) is 4.62. The predicted molar refractivity (Wildman–Crippen MR) is 69.7 cm³/mol. The number of carbonyl (C=O) groups is 2. The van der Waals surface area contributed by atoms with Crippen molar-refractivity contribution in [2.45, 2.75) is 38.4 Å². The van der Waals surface area contributed by atoms with Crippen LogP contribution in [0.1, 0.15) is 25.3 Å². The van der Waals surface area contributed by atoms with Crippen molar-refractivity contribution in [1.82, 2.24) is 0 Å². The molecule has 19 heavy (non-hydrogen) atoms. The van der Waals surface area contributed by atoms with Crippen molar-refractivity contribution in [1.29, 1.82) is 0 Å². The molecule has 0 spiro atoms. The first-order valence-electron chi connectivity index (χ1n) is 6.56. The third-order valence-electron chi connectivity index (χ3n) is 3.11. The summed E-state index contributed by atoms with van der Waals surface area (Å²) >= 11 is 0. The molecule has 4 heteroatoms. The lowest BCUT2D eigenvalue weighted by Crippen LogP contribution is -2.22. The molecule has 1 aromatic rings. The normalized spacial score (nSPS) is 22.5. The Bertz CT molecular complexity index is 441. The zero-order valence-electron chi connectivity index (χ0n) is 11.0. The van der Waals surface area contributed by atoms with E-state index in [-0.39, 0.29) is 24.3 Å². The summed E-state index contributed by atoms with van der Waals surface area (Å²) in [6.07, 6.45) is 0.338. The van der Waals surface area contributed by atoms with Gasteiger partial charge in [0.05, 0.1) is 19.1 Å². The van der Waals surface area contributed by atoms with Crippen LogP contribution in [0.2, 0.25) is 0 Å². The number of hydrogen-bond acceptors (Lipinski definition) is 4. The Labute approximate surface area is 112 Å². The number of Topliss-reactive ketones (excluding diaryl/α,β-unsaturated/α-hetero) is 1. The van der Waals surface area contributed by atoms with Crippen LogP contribution in [0.4, 0.5) is 0 Å². The minimum absolute atomic E-state index is 0.00557. The fourth-order valence-corrected chi connectivity index (χ4v) is 2.24. The monoisotopic (exact) mass is 262 g/mol. The smallest absolute Gasteiger partial charge is 0.308 e. The minimum Gasteiger partial charge on any atom is -0.466 e. The van der Waals surface area contributed by atoms with Crippen LogP contribution in [-0.4, -0.2) is 30.6 Å². The Morgan fingerprint density at radius 3 is 2.79 bits per heavy atom. The first-order chi connectivity index (χ1) is 9.19. The summed E-state index contributed by atoms with van der Waals surface area (Å²) in [5.74, 6) is -0.379. The zero-order chi connectivity index (χ0) is 13.7. The van der Waals surface area contributed by atoms with E-state index in [2.05, 4.69) is 0 Å². The number of esters is 1. The molecule has 0 aromatic heterocycles. The van der Waals surface area contributed by atoms with Gasteiger partial charge >= 0.3 is 5.97 Å². The molecule has 4 nitrogen and oxygen atoms in total. The lowest BCUT2D eigenvalue weighted by atomic mass is 10.0. The number of benzene rings is 1. The van der Waals surface area contributed by atoms with E-state index >= 15 is 0 Å². The van der Waals surface area contributed by atoms with E-state index in [1.54, 1.807) is 6.92 Å². The summed E-state index contributed by atoms with van der Waals surface area (Å²) in [7, 11) is 0. The van der Waals surface area contributed by atoms with Gasteiger partial charge in [-0.15, -0.1) is 0 Å². The molecule has 1 fully saturated rings. The van der Waals surface area contributed by atoms with Crippen LogP contribution in [0.25, 0.3) is 0 Å². The molecule has 0 unspecified atom stereocenters. The first-order valence-corrected chi connectivity index (χ1v) is 6.56. The summed E-state index contributed by atoms with van der Waals surface area (Å²) in [4.78, 5) is 23.1. The molecule has 0 bridgehead atoms. The Balaban J connectivity index is 1.87. The van der Waals surface area contributed by atoms with Crippen molar-refractivity contribution in [2.75, 3.05) is 6.61 Å². The molecule has 1 aliphatic rings. The van der Waals surface area contributed by atoms with E-state index in [0.717, 1.165) is 5.56 Å². The molecule has 1 aliphatic heterocycles. The van der Waals surface area contributed by atoms with Crippen LogP contribution in [0.15, 0.2) is 30.3 Å². The van der Waals surface area contributed by atoms with Gasteiger partial charge in [-0.1, -0.05) is 30.3 Å². The molecule has 0 amide bonds.